The third-order valence-corrected chi connectivity index (χ3v) is 6.11. The Bertz CT molecular complexity index is 773. The predicted octanol–water partition coefficient (Wildman–Crippen LogP) is 5.93. The van der Waals surface area contributed by atoms with E-state index in [4.69, 9.17) is 21.1 Å². The highest BCUT2D eigenvalue weighted by Gasteiger charge is 2.36. The second-order valence-electron chi connectivity index (χ2n) is 6.13. The van der Waals surface area contributed by atoms with Crippen molar-refractivity contribution in [1.82, 2.24) is 0 Å². The van der Waals surface area contributed by atoms with E-state index in [1.54, 1.807) is 14.2 Å². The fourth-order valence-electron chi connectivity index (χ4n) is 2.70. The molecule has 0 heterocycles. The molecule has 2 unspecified atom stereocenters. The lowest BCUT2D eigenvalue weighted by Crippen LogP contribution is -2.24. The molecule has 138 valence electrons. The molecular formula is C21H24ClNO2S. The van der Waals surface area contributed by atoms with Gasteiger partial charge in [-0.15, -0.1) is 11.6 Å². The minimum atomic E-state index is -0.808. The summed E-state index contributed by atoms with van der Waals surface area (Å²) in [5.74, 6) is 1.25. The highest BCUT2D eigenvalue weighted by Crippen LogP contribution is 2.47. The molecule has 0 aliphatic heterocycles. The molecule has 0 aliphatic carbocycles. The summed E-state index contributed by atoms with van der Waals surface area (Å²) in [6.45, 7) is 4.08. The van der Waals surface area contributed by atoms with E-state index in [1.165, 1.54) is 17.3 Å². The number of benzene rings is 2. The average molecular weight is 390 g/mol. The topological polar surface area (TPSA) is 42.2 Å². The van der Waals surface area contributed by atoms with Crippen molar-refractivity contribution >= 4 is 23.4 Å². The van der Waals surface area contributed by atoms with Crippen LogP contribution in [0.3, 0.4) is 0 Å². The van der Waals surface area contributed by atoms with E-state index in [-0.39, 0.29) is 5.38 Å². The van der Waals surface area contributed by atoms with Crippen molar-refractivity contribution in [2.75, 3.05) is 14.2 Å². The van der Waals surface area contributed by atoms with Gasteiger partial charge in [-0.25, -0.2) is 0 Å². The number of aryl methyl sites for hydroxylation is 1. The van der Waals surface area contributed by atoms with Crippen LogP contribution < -0.4 is 9.47 Å². The van der Waals surface area contributed by atoms with Crippen molar-refractivity contribution in [3.63, 3.8) is 0 Å². The van der Waals surface area contributed by atoms with Crippen molar-refractivity contribution in [1.29, 1.82) is 5.26 Å². The molecule has 0 amide bonds. The number of thioether (sulfide) groups is 1. The average Bonchev–Trinajstić information content (AvgIpc) is 2.68. The normalized spacial score (nSPS) is 14.2. The lowest BCUT2D eigenvalue weighted by atomic mass is 9.93. The molecule has 5 heteroatoms. The molecule has 0 aliphatic rings. The fourth-order valence-corrected chi connectivity index (χ4v) is 4.28. The first-order valence-corrected chi connectivity index (χ1v) is 9.76. The lowest BCUT2D eigenvalue weighted by Gasteiger charge is -2.29. The van der Waals surface area contributed by atoms with Crippen LogP contribution in [0.1, 0.15) is 30.9 Å². The van der Waals surface area contributed by atoms with Gasteiger partial charge in [-0.05, 0) is 49.6 Å². The zero-order valence-corrected chi connectivity index (χ0v) is 17.2. The Kier molecular flexibility index (Phi) is 7.25. The van der Waals surface area contributed by atoms with E-state index in [2.05, 4.69) is 18.2 Å². The summed E-state index contributed by atoms with van der Waals surface area (Å²) in [7, 11) is 3.20. The third-order valence-electron chi connectivity index (χ3n) is 4.30. The summed E-state index contributed by atoms with van der Waals surface area (Å²) in [5.41, 5.74) is 2.05. The van der Waals surface area contributed by atoms with Gasteiger partial charge in [-0.2, -0.15) is 5.26 Å². The molecule has 0 fully saturated rings. The molecule has 0 saturated carbocycles. The second-order valence-corrected chi connectivity index (χ2v) is 8.12. The summed E-state index contributed by atoms with van der Waals surface area (Å²) in [4.78, 5) is 1.03. The number of alkyl halides is 1. The largest absolute Gasteiger partial charge is 0.493 e. The van der Waals surface area contributed by atoms with Gasteiger partial charge in [0, 0.05) is 10.3 Å². The zero-order chi connectivity index (χ0) is 19.2. The van der Waals surface area contributed by atoms with Crippen LogP contribution in [0.4, 0.5) is 0 Å². The van der Waals surface area contributed by atoms with E-state index in [0.717, 1.165) is 16.9 Å². The maximum absolute atomic E-state index is 10.2. The summed E-state index contributed by atoms with van der Waals surface area (Å²) in [5, 5.41) is 10.1. The van der Waals surface area contributed by atoms with Gasteiger partial charge >= 0.3 is 0 Å². The van der Waals surface area contributed by atoms with Gasteiger partial charge in [0.1, 0.15) is 4.75 Å². The van der Waals surface area contributed by atoms with Gasteiger partial charge in [-0.3, -0.25) is 0 Å². The van der Waals surface area contributed by atoms with Crippen LogP contribution in [0.15, 0.2) is 47.4 Å². The monoisotopic (exact) mass is 389 g/mol. The van der Waals surface area contributed by atoms with Crippen molar-refractivity contribution in [3.8, 4) is 17.6 Å². The third kappa shape index (κ3) is 4.66. The van der Waals surface area contributed by atoms with Crippen molar-refractivity contribution in [3.05, 3.63) is 53.6 Å². The number of hydrogen-bond donors (Lipinski definition) is 0. The molecule has 0 radical (unpaired) electrons. The van der Waals surface area contributed by atoms with Crippen LogP contribution in [0, 0.1) is 18.3 Å². The van der Waals surface area contributed by atoms with E-state index in [9.17, 15) is 5.26 Å². The minimum Gasteiger partial charge on any atom is -0.493 e. The number of nitrogens with zero attached hydrogens (tertiary/aromatic N) is 1. The quantitative estimate of drug-likeness (QED) is 0.414. The Morgan fingerprint density at radius 3 is 2.31 bits per heavy atom. The van der Waals surface area contributed by atoms with E-state index in [0.29, 0.717) is 17.9 Å². The van der Waals surface area contributed by atoms with Crippen LogP contribution >= 0.6 is 23.4 Å². The van der Waals surface area contributed by atoms with Gasteiger partial charge in [-0.1, -0.05) is 42.4 Å². The highest BCUT2D eigenvalue weighted by atomic mass is 35.5. The van der Waals surface area contributed by atoms with Crippen molar-refractivity contribution in [2.24, 2.45) is 0 Å². The van der Waals surface area contributed by atoms with Crippen LogP contribution in [0.25, 0.3) is 0 Å². The molecular weight excluding hydrogens is 366 g/mol. The maximum atomic E-state index is 10.2. The summed E-state index contributed by atoms with van der Waals surface area (Å²) >= 11 is 8.01. The standard InChI is InChI=1S/C21H24ClNO2S/c1-5-17(22)13-21(14-23,26-18-9-6-15(2)7-10-18)16-8-11-19(24-3)20(12-16)25-4/h6-12,17H,5,13H2,1-4H3. The molecule has 0 spiro atoms. The summed E-state index contributed by atoms with van der Waals surface area (Å²) in [6.07, 6.45) is 1.34. The zero-order valence-electron chi connectivity index (χ0n) is 15.6. The smallest absolute Gasteiger partial charge is 0.161 e. The Balaban J connectivity index is 2.52. The molecule has 26 heavy (non-hydrogen) atoms. The first kappa shape index (κ1) is 20.5. The molecule has 0 N–H and O–H groups in total. The van der Waals surface area contributed by atoms with Crippen molar-refractivity contribution in [2.45, 2.75) is 41.7 Å². The highest BCUT2D eigenvalue weighted by molar-refractivity contribution is 8.00. The molecule has 0 saturated heterocycles. The molecule has 2 rings (SSSR count). The Hall–Kier alpha value is -1.83. The van der Waals surface area contributed by atoms with Crippen LogP contribution in [-0.2, 0) is 4.75 Å². The lowest BCUT2D eigenvalue weighted by molar-refractivity contribution is 0.354. The van der Waals surface area contributed by atoms with Gasteiger partial charge in [0.15, 0.2) is 11.5 Å². The first-order chi connectivity index (χ1) is 12.5. The first-order valence-electron chi connectivity index (χ1n) is 8.51. The van der Waals surface area contributed by atoms with E-state index >= 15 is 0 Å². The number of nitriles is 1. The van der Waals surface area contributed by atoms with Gasteiger partial charge in [0.05, 0.1) is 20.3 Å². The van der Waals surface area contributed by atoms with Crippen molar-refractivity contribution < 1.29 is 9.47 Å². The summed E-state index contributed by atoms with van der Waals surface area (Å²) < 4.78 is 9.96. The molecule has 0 aromatic heterocycles. The SMILES string of the molecule is CCC(Cl)CC(C#N)(Sc1ccc(C)cc1)c1ccc(OC)c(OC)c1. The molecule has 2 aromatic rings. The maximum Gasteiger partial charge on any atom is 0.161 e. The van der Waals surface area contributed by atoms with Gasteiger partial charge in [0.2, 0.25) is 0 Å². The number of rotatable bonds is 8. The summed E-state index contributed by atoms with van der Waals surface area (Å²) in [6, 6.07) is 16.4. The molecule has 3 nitrogen and oxygen atoms in total. The Morgan fingerprint density at radius 1 is 1.12 bits per heavy atom. The number of hydrogen-bond acceptors (Lipinski definition) is 4. The predicted molar refractivity (Wildman–Crippen MR) is 108 cm³/mol. The minimum absolute atomic E-state index is 0.0966. The van der Waals surface area contributed by atoms with Crippen LogP contribution in [0.2, 0.25) is 0 Å². The van der Waals surface area contributed by atoms with E-state index < -0.39 is 4.75 Å². The van der Waals surface area contributed by atoms with E-state index in [1.807, 2.05) is 44.2 Å². The molecule has 2 atom stereocenters. The van der Waals surface area contributed by atoms with Crippen LogP contribution in [0.5, 0.6) is 11.5 Å². The van der Waals surface area contributed by atoms with Gasteiger partial charge in [0.25, 0.3) is 0 Å². The number of methoxy groups -OCH3 is 2. The number of ether oxygens (including phenoxy) is 2. The van der Waals surface area contributed by atoms with Gasteiger partial charge < -0.3 is 9.47 Å². The molecule has 2 aromatic carbocycles. The van der Waals surface area contributed by atoms with Crippen LogP contribution in [-0.4, -0.2) is 19.6 Å². The second kappa shape index (κ2) is 9.21. The Morgan fingerprint density at radius 2 is 1.77 bits per heavy atom. The Labute approximate surface area is 165 Å². The fraction of sp³-hybridized carbons (Fsp3) is 0.381. The molecule has 0 bridgehead atoms. The number of halogens is 1.